The van der Waals surface area contributed by atoms with Gasteiger partial charge in [-0.2, -0.15) is 0 Å². The van der Waals surface area contributed by atoms with Crippen LogP contribution in [0.3, 0.4) is 0 Å². The van der Waals surface area contributed by atoms with Crippen LogP contribution < -0.4 is 34.7 Å². The molecule has 0 bridgehead atoms. The second kappa shape index (κ2) is 8.59. The fraction of sp³-hybridized carbons (Fsp3) is 0.125. The third-order valence-corrected chi connectivity index (χ3v) is 0.743. The maximum Gasteiger partial charge on any atom is 1.00 e. The molecule has 0 aliphatic carbocycles. The molecule has 60 valence electrons. The Labute approximate surface area is 93.3 Å². The summed E-state index contributed by atoms with van der Waals surface area (Å²) in [6.07, 6.45) is 0. The van der Waals surface area contributed by atoms with E-state index in [0.717, 1.165) is 6.92 Å². The van der Waals surface area contributed by atoms with Crippen LogP contribution in [0.15, 0.2) is 30.3 Å². The number of aliphatic carboxylic acids is 1. The number of benzene rings is 1. The Morgan fingerprint density at radius 2 is 1.67 bits per heavy atom. The molecule has 12 heavy (non-hydrogen) atoms. The minimum atomic E-state index is -0.833. The van der Waals surface area contributed by atoms with Gasteiger partial charge in [0, 0.05) is 6.92 Å². The van der Waals surface area contributed by atoms with Crippen LogP contribution in [0.4, 0.5) is 0 Å². The topological polar surface area (TPSA) is 60.4 Å². The summed E-state index contributed by atoms with van der Waals surface area (Å²) in [5, 5.41) is 17.7. The van der Waals surface area contributed by atoms with E-state index in [2.05, 4.69) is 0 Å². The van der Waals surface area contributed by atoms with E-state index in [4.69, 9.17) is 9.90 Å². The summed E-state index contributed by atoms with van der Waals surface area (Å²) < 4.78 is 0. The maximum atomic E-state index is 10.3. The molecule has 0 aromatic heterocycles. The number of hydrogen-bond donors (Lipinski definition) is 1. The SMILES string of the molecule is CC(=O)O.[Na+].[O-]c1ccccc1. The molecule has 0 fully saturated rings. The minimum Gasteiger partial charge on any atom is -0.872 e. The normalized spacial score (nSPS) is 7.08. The molecule has 0 spiro atoms. The van der Waals surface area contributed by atoms with Gasteiger partial charge in [0.05, 0.1) is 0 Å². The molecular weight excluding hydrogens is 167 g/mol. The quantitative estimate of drug-likeness (QED) is 0.459. The van der Waals surface area contributed by atoms with Crippen molar-refractivity contribution in [3.05, 3.63) is 30.3 Å². The van der Waals surface area contributed by atoms with Crippen LogP contribution >= 0.6 is 0 Å². The van der Waals surface area contributed by atoms with Crippen LogP contribution in [0.2, 0.25) is 0 Å². The monoisotopic (exact) mass is 176 g/mol. The number of carboxylic acids is 1. The van der Waals surface area contributed by atoms with Gasteiger partial charge in [-0.25, -0.2) is 0 Å². The summed E-state index contributed by atoms with van der Waals surface area (Å²) in [6, 6.07) is 8.33. The van der Waals surface area contributed by atoms with E-state index in [1.54, 1.807) is 12.1 Å². The van der Waals surface area contributed by atoms with Crippen LogP contribution in [0.1, 0.15) is 6.92 Å². The van der Waals surface area contributed by atoms with Gasteiger partial charge in [-0.05, 0) is 0 Å². The first-order valence-corrected chi connectivity index (χ1v) is 3.04. The van der Waals surface area contributed by atoms with E-state index in [9.17, 15) is 5.11 Å². The van der Waals surface area contributed by atoms with Crippen molar-refractivity contribution in [2.45, 2.75) is 6.92 Å². The second-order valence-corrected chi connectivity index (χ2v) is 1.83. The van der Waals surface area contributed by atoms with E-state index in [-0.39, 0.29) is 35.3 Å². The zero-order chi connectivity index (χ0) is 8.69. The van der Waals surface area contributed by atoms with E-state index < -0.39 is 5.97 Å². The van der Waals surface area contributed by atoms with Gasteiger partial charge >= 0.3 is 29.6 Å². The number of carboxylic acid groups (broad SMARTS) is 1. The average Bonchev–Trinajstić information content (AvgIpc) is 1.87. The Morgan fingerprint density at radius 3 is 1.83 bits per heavy atom. The molecule has 0 unspecified atom stereocenters. The predicted octanol–water partition coefficient (Wildman–Crippen LogP) is -2.14. The Morgan fingerprint density at radius 1 is 1.33 bits per heavy atom. The molecule has 0 aliphatic rings. The summed E-state index contributed by atoms with van der Waals surface area (Å²) in [6.45, 7) is 1.08. The fourth-order valence-corrected chi connectivity index (χ4v) is 0.420. The third kappa shape index (κ3) is 12.2. The molecule has 0 amide bonds. The Balaban J connectivity index is 0. The molecule has 0 saturated heterocycles. The van der Waals surface area contributed by atoms with Crippen molar-refractivity contribution in [2.75, 3.05) is 0 Å². The molecule has 1 aromatic rings. The van der Waals surface area contributed by atoms with Gasteiger partial charge in [-0.3, -0.25) is 4.79 Å². The van der Waals surface area contributed by atoms with Gasteiger partial charge in [0.25, 0.3) is 5.97 Å². The molecule has 1 aromatic carbocycles. The van der Waals surface area contributed by atoms with E-state index in [1.165, 1.54) is 12.1 Å². The first-order valence-electron chi connectivity index (χ1n) is 3.04. The Hall–Kier alpha value is -0.510. The molecule has 0 atom stereocenters. The van der Waals surface area contributed by atoms with Gasteiger partial charge in [0.15, 0.2) is 0 Å². The van der Waals surface area contributed by atoms with Gasteiger partial charge < -0.3 is 10.2 Å². The molecule has 0 saturated carbocycles. The van der Waals surface area contributed by atoms with Crippen LogP contribution in [-0.2, 0) is 4.79 Å². The van der Waals surface area contributed by atoms with Crippen molar-refractivity contribution in [1.82, 2.24) is 0 Å². The van der Waals surface area contributed by atoms with Gasteiger partial charge in [0.2, 0.25) is 0 Å². The average molecular weight is 176 g/mol. The van der Waals surface area contributed by atoms with E-state index in [1.807, 2.05) is 6.07 Å². The summed E-state index contributed by atoms with van der Waals surface area (Å²) in [5.74, 6) is -0.762. The van der Waals surface area contributed by atoms with Crippen molar-refractivity contribution in [3.8, 4) is 5.75 Å². The second-order valence-electron chi connectivity index (χ2n) is 1.83. The van der Waals surface area contributed by atoms with Crippen LogP contribution in [0, 0.1) is 0 Å². The molecule has 0 heterocycles. The van der Waals surface area contributed by atoms with Crippen LogP contribution in [0.5, 0.6) is 5.75 Å². The molecule has 1 N–H and O–H groups in total. The van der Waals surface area contributed by atoms with E-state index in [0.29, 0.717) is 0 Å². The largest absolute Gasteiger partial charge is 1.00 e. The van der Waals surface area contributed by atoms with Crippen molar-refractivity contribution in [1.29, 1.82) is 0 Å². The van der Waals surface area contributed by atoms with Crippen molar-refractivity contribution >= 4 is 5.97 Å². The minimum absolute atomic E-state index is 0. The molecular formula is C8H9NaO3. The smallest absolute Gasteiger partial charge is 0.872 e. The first-order chi connectivity index (χ1) is 5.13. The van der Waals surface area contributed by atoms with Crippen LogP contribution in [0.25, 0.3) is 0 Å². The first kappa shape index (κ1) is 14.0. The van der Waals surface area contributed by atoms with Gasteiger partial charge in [-0.1, -0.05) is 30.3 Å². The predicted molar refractivity (Wildman–Crippen MR) is 39.2 cm³/mol. The third-order valence-electron chi connectivity index (χ3n) is 0.743. The summed E-state index contributed by atoms with van der Waals surface area (Å²) in [5.41, 5.74) is 0. The standard InChI is InChI=1S/C6H6O.C2H4O2.Na/c7-6-4-2-1-3-5-6;1-2(3)4;/h1-5,7H;1H3,(H,3,4);/q;;+1/p-1. The van der Waals surface area contributed by atoms with Crippen molar-refractivity contribution in [3.63, 3.8) is 0 Å². The summed E-state index contributed by atoms with van der Waals surface area (Å²) in [7, 11) is 0. The number of para-hydroxylation sites is 1. The summed E-state index contributed by atoms with van der Waals surface area (Å²) in [4.78, 5) is 9.00. The zero-order valence-electron chi connectivity index (χ0n) is 7.15. The number of carbonyl (C=O) groups is 1. The van der Waals surface area contributed by atoms with Crippen molar-refractivity contribution in [2.24, 2.45) is 0 Å². The van der Waals surface area contributed by atoms with Gasteiger partial charge in [-0.15, -0.1) is 5.75 Å². The van der Waals surface area contributed by atoms with Crippen LogP contribution in [-0.4, -0.2) is 11.1 Å². The maximum absolute atomic E-state index is 10.3. The Kier molecular flexibility index (Phi) is 10.0. The molecule has 0 radical (unpaired) electrons. The molecule has 1 rings (SSSR count). The van der Waals surface area contributed by atoms with Crippen molar-refractivity contribution < 1.29 is 44.6 Å². The Bertz CT molecular complexity index is 207. The number of hydrogen-bond acceptors (Lipinski definition) is 2. The zero-order valence-corrected chi connectivity index (χ0v) is 9.15. The molecule has 3 nitrogen and oxygen atoms in total. The molecule has 4 heteroatoms. The van der Waals surface area contributed by atoms with E-state index >= 15 is 0 Å². The fourth-order valence-electron chi connectivity index (χ4n) is 0.420. The van der Waals surface area contributed by atoms with Gasteiger partial charge in [0.1, 0.15) is 0 Å². The number of rotatable bonds is 0. The summed E-state index contributed by atoms with van der Waals surface area (Å²) >= 11 is 0. The molecule has 0 aliphatic heterocycles.